The van der Waals surface area contributed by atoms with Crippen molar-refractivity contribution in [3.05, 3.63) is 48.0 Å². The number of benzene rings is 1. The lowest BCUT2D eigenvalue weighted by Crippen LogP contribution is -2.58. The van der Waals surface area contributed by atoms with E-state index >= 15 is 0 Å². The van der Waals surface area contributed by atoms with E-state index in [1.165, 1.54) is 24.7 Å². The molecule has 0 aliphatic rings. The van der Waals surface area contributed by atoms with Gasteiger partial charge in [0.15, 0.2) is 0 Å². The Labute approximate surface area is 196 Å². The van der Waals surface area contributed by atoms with Gasteiger partial charge in [-0.15, -0.1) is 0 Å². The molecule has 0 saturated carbocycles. The Kier molecular flexibility index (Phi) is 9.56. The molecule has 3 atom stereocenters. The summed E-state index contributed by atoms with van der Waals surface area (Å²) < 4.78 is 0. The van der Waals surface area contributed by atoms with E-state index in [-0.39, 0.29) is 31.1 Å². The molecular formula is C22H30N6O6. The number of H-pyrrole nitrogens is 1. The average Bonchev–Trinajstić information content (AvgIpc) is 3.30. The van der Waals surface area contributed by atoms with Gasteiger partial charge in [0.25, 0.3) is 0 Å². The van der Waals surface area contributed by atoms with Crippen molar-refractivity contribution in [3.8, 4) is 5.75 Å². The number of phenolic OH excluding ortho intramolecular Hbond substituents is 1. The van der Waals surface area contributed by atoms with Crippen LogP contribution in [0.1, 0.15) is 25.1 Å². The number of aromatic hydroxyl groups is 1. The first kappa shape index (κ1) is 26.3. The van der Waals surface area contributed by atoms with Crippen LogP contribution in [0.15, 0.2) is 36.8 Å². The third-order valence-electron chi connectivity index (χ3n) is 5.05. The highest BCUT2D eigenvalue weighted by Crippen LogP contribution is 2.12. The number of nitrogens with two attached hydrogens (primary N) is 1. The zero-order valence-corrected chi connectivity index (χ0v) is 18.9. The first-order valence-electron chi connectivity index (χ1n) is 10.7. The highest BCUT2D eigenvalue weighted by molar-refractivity contribution is 5.93. The van der Waals surface area contributed by atoms with Gasteiger partial charge in [-0.2, -0.15) is 0 Å². The third kappa shape index (κ3) is 7.89. The van der Waals surface area contributed by atoms with Crippen LogP contribution in [0.25, 0.3) is 0 Å². The number of aromatic amines is 1. The van der Waals surface area contributed by atoms with Gasteiger partial charge in [-0.25, -0.2) is 9.78 Å². The van der Waals surface area contributed by atoms with Crippen molar-refractivity contribution in [3.63, 3.8) is 0 Å². The fourth-order valence-electron chi connectivity index (χ4n) is 3.20. The van der Waals surface area contributed by atoms with Gasteiger partial charge in [0.2, 0.25) is 17.7 Å². The number of imidazole rings is 1. The molecule has 2 rings (SSSR count). The summed E-state index contributed by atoms with van der Waals surface area (Å²) in [4.78, 5) is 56.2. The molecule has 8 N–H and O–H groups in total. The molecule has 1 heterocycles. The predicted octanol–water partition coefficient (Wildman–Crippen LogP) is -0.946. The molecule has 1 aromatic carbocycles. The summed E-state index contributed by atoms with van der Waals surface area (Å²) in [6.07, 6.45) is 3.00. The topological polar surface area (TPSA) is 200 Å². The largest absolute Gasteiger partial charge is 0.508 e. The van der Waals surface area contributed by atoms with Gasteiger partial charge in [-0.05, 0) is 23.6 Å². The standard InChI is InChI=1S/C22H30N6O6/c1-12(2)19(21(32)27-17(22(33)34)7-13-3-5-15(29)6-4-13)28-20(31)16(26-18(30)9-23)8-14-10-24-11-25-14/h3-6,10-12,16-17,19,29H,7-9,23H2,1-2H3,(H,24,25)(H,26,30)(H,27,32)(H,28,31)(H,33,34). The van der Waals surface area contributed by atoms with Crippen molar-refractivity contribution in [1.82, 2.24) is 25.9 Å². The second kappa shape index (κ2) is 12.3. The number of amides is 3. The van der Waals surface area contributed by atoms with E-state index in [1.54, 1.807) is 26.0 Å². The second-order valence-electron chi connectivity index (χ2n) is 8.11. The van der Waals surface area contributed by atoms with Crippen LogP contribution >= 0.6 is 0 Å². The van der Waals surface area contributed by atoms with Crippen LogP contribution in [0.4, 0.5) is 0 Å². The first-order valence-corrected chi connectivity index (χ1v) is 10.7. The van der Waals surface area contributed by atoms with Crippen molar-refractivity contribution < 1.29 is 29.4 Å². The van der Waals surface area contributed by atoms with E-state index in [2.05, 4.69) is 25.9 Å². The van der Waals surface area contributed by atoms with Crippen LogP contribution in [0.2, 0.25) is 0 Å². The number of carbonyl (C=O) groups is 4. The minimum atomic E-state index is -1.26. The average molecular weight is 475 g/mol. The minimum Gasteiger partial charge on any atom is -0.508 e. The van der Waals surface area contributed by atoms with Crippen molar-refractivity contribution >= 4 is 23.7 Å². The number of phenols is 1. The lowest BCUT2D eigenvalue weighted by Gasteiger charge is -2.26. The summed E-state index contributed by atoms with van der Waals surface area (Å²) in [6.45, 7) is 3.07. The smallest absolute Gasteiger partial charge is 0.326 e. The molecule has 0 radical (unpaired) electrons. The predicted molar refractivity (Wildman–Crippen MR) is 121 cm³/mol. The zero-order chi connectivity index (χ0) is 25.3. The van der Waals surface area contributed by atoms with Gasteiger partial charge in [-0.1, -0.05) is 26.0 Å². The minimum absolute atomic E-state index is 0.0187. The lowest BCUT2D eigenvalue weighted by molar-refractivity contribution is -0.142. The Bertz CT molecular complexity index is 976. The molecule has 2 aromatic rings. The molecule has 3 amide bonds. The lowest BCUT2D eigenvalue weighted by atomic mass is 10.0. The summed E-state index contributed by atoms with van der Waals surface area (Å²) in [5.41, 5.74) is 6.53. The highest BCUT2D eigenvalue weighted by atomic mass is 16.4. The van der Waals surface area contributed by atoms with Gasteiger partial charge in [0, 0.05) is 24.7 Å². The van der Waals surface area contributed by atoms with E-state index in [4.69, 9.17) is 5.73 Å². The number of hydrogen-bond donors (Lipinski definition) is 7. The zero-order valence-electron chi connectivity index (χ0n) is 18.9. The van der Waals surface area contributed by atoms with Crippen molar-refractivity contribution in [2.45, 2.75) is 44.8 Å². The molecule has 0 aliphatic heterocycles. The number of aromatic nitrogens is 2. The van der Waals surface area contributed by atoms with Crippen LogP contribution in [0, 0.1) is 5.92 Å². The third-order valence-corrected chi connectivity index (χ3v) is 5.05. The maximum absolute atomic E-state index is 13.0. The van der Waals surface area contributed by atoms with Gasteiger partial charge < -0.3 is 36.9 Å². The van der Waals surface area contributed by atoms with Gasteiger partial charge in [-0.3, -0.25) is 14.4 Å². The van der Waals surface area contributed by atoms with E-state index in [1.807, 2.05) is 0 Å². The number of aliphatic carboxylic acids is 1. The Balaban J connectivity index is 2.12. The number of nitrogens with one attached hydrogen (secondary N) is 4. The number of carboxylic acid groups (broad SMARTS) is 1. The fraction of sp³-hybridized carbons (Fsp3) is 0.409. The van der Waals surface area contributed by atoms with E-state index < -0.39 is 41.8 Å². The molecule has 0 saturated heterocycles. The Hall–Kier alpha value is -3.93. The summed E-state index contributed by atoms with van der Waals surface area (Å²) in [5, 5.41) is 26.6. The van der Waals surface area contributed by atoms with E-state index in [0.717, 1.165) is 0 Å². The van der Waals surface area contributed by atoms with Crippen molar-refractivity contribution in [1.29, 1.82) is 0 Å². The molecule has 1 aromatic heterocycles. The van der Waals surface area contributed by atoms with Crippen molar-refractivity contribution in [2.24, 2.45) is 11.7 Å². The Morgan fingerprint density at radius 1 is 1.00 bits per heavy atom. The molecule has 12 nitrogen and oxygen atoms in total. The summed E-state index contributed by atoms with van der Waals surface area (Å²) >= 11 is 0. The summed E-state index contributed by atoms with van der Waals surface area (Å²) in [7, 11) is 0. The molecule has 34 heavy (non-hydrogen) atoms. The van der Waals surface area contributed by atoms with Gasteiger partial charge in [0.1, 0.15) is 23.9 Å². The molecule has 0 fully saturated rings. The Morgan fingerprint density at radius 3 is 2.21 bits per heavy atom. The van der Waals surface area contributed by atoms with Crippen LogP contribution in [0.3, 0.4) is 0 Å². The number of rotatable bonds is 12. The second-order valence-corrected chi connectivity index (χ2v) is 8.11. The van der Waals surface area contributed by atoms with Gasteiger partial charge in [0.05, 0.1) is 12.9 Å². The number of carboxylic acids is 1. The van der Waals surface area contributed by atoms with Crippen LogP contribution in [-0.2, 0) is 32.0 Å². The fourth-order valence-corrected chi connectivity index (χ4v) is 3.20. The summed E-state index contributed by atoms with van der Waals surface area (Å²) in [5.74, 6) is -3.46. The molecule has 0 bridgehead atoms. The van der Waals surface area contributed by atoms with E-state index in [0.29, 0.717) is 11.3 Å². The van der Waals surface area contributed by atoms with Crippen LogP contribution in [-0.4, -0.2) is 68.5 Å². The first-order chi connectivity index (χ1) is 16.1. The number of hydrogen-bond acceptors (Lipinski definition) is 7. The highest BCUT2D eigenvalue weighted by Gasteiger charge is 2.31. The monoisotopic (exact) mass is 474 g/mol. The molecule has 0 aliphatic carbocycles. The molecular weight excluding hydrogens is 444 g/mol. The van der Waals surface area contributed by atoms with Gasteiger partial charge >= 0.3 is 5.97 Å². The molecule has 3 unspecified atom stereocenters. The van der Waals surface area contributed by atoms with E-state index in [9.17, 15) is 29.4 Å². The molecule has 12 heteroatoms. The Morgan fingerprint density at radius 2 is 1.68 bits per heavy atom. The number of nitrogens with zero attached hydrogens (tertiary/aromatic N) is 1. The molecule has 184 valence electrons. The van der Waals surface area contributed by atoms with Crippen LogP contribution < -0.4 is 21.7 Å². The number of carbonyl (C=O) groups excluding carboxylic acids is 3. The van der Waals surface area contributed by atoms with Crippen LogP contribution in [0.5, 0.6) is 5.75 Å². The SMILES string of the molecule is CC(C)C(NC(=O)C(Cc1cnc[nH]1)NC(=O)CN)C(=O)NC(Cc1ccc(O)cc1)C(=O)O. The molecule has 0 spiro atoms. The maximum Gasteiger partial charge on any atom is 0.326 e. The normalized spacial score (nSPS) is 13.5. The van der Waals surface area contributed by atoms with Crippen molar-refractivity contribution in [2.75, 3.05) is 6.54 Å². The quantitative estimate of drug-likeness (QED) is 0.204. The maximum atomic E-state index is 13.0. The summed E-state index contributed by atoms with van der Waals surface area (Å²) in [6, 6.07) is 2.60.